The molecule has 0 aromatic heterocycles. The van der Waals surface area contributed by atoms with Crippen LogP contribution in [0.25, 0.3) is 0 Å². The molecule has 0 spiro atoms. The number of carbonyl (C=O) groups excluding carboxylic acids is 1. The van der Waals surface area contributed by atoms with Crippen molar-refractivity contribution in [3.63, 3.8) is 0 Å². The molecule has 1 aliphatic heterocycles. The highest BCUT2D eigenvalue weighted by molar-refractivity contribution is 7.80. The van der Waals surface area contributed by atoms with Crippen LogP contribution in [-0.2, 0) is 4.79 Å². The number of methoxy groups -OCH3 is 1. The Balaban J connectivity index is 2.49. The molecule has 2 unspecified atom stereocenters. The second kappa shape index (κ2) is 5.36. The van der Waals surface area contributed by atoms with Gasteiger partial charge in [-0.2, -0.15) is 0 Å². The summed E-state index contributed by atoms with van der Waals surface area (Å²) in [7, 11) is 1.58. The Kier molecular flexibility index (Phi) is 3.80. The molecule has 3 N–H and O–H groups in total. The molecule has 1 amide bonds. The summed E-state index contributed by atoms with van der Waals surface area (Å²) < 4.78 is 5.32. The summed E-state index contributed by atoms with van der Waals surface area (Å²) in [5.74, 6) is -0.293. The number of hydrogen-bond donors (Lipinski definition) is 2. The number of thiocarbonyl (C=S) groups is 1. The van der Waals surface area contributed by atoms with Crippen LogP contribution in [0.3, 0.4) is 0 Å². The van der Waals surface area contributed by atoms with Crippen LogP contribution in [0, 0.1) is 5.92 Å². The lowest BCUT2D eigenvalue weighted by Gasteiger charge is -2.31. The molecule has 1 heterocycles. The van der Waals surface area contributed by atoms with Crippen LogP contribution in [0.4, 0.5) is 0 Å². The monoisotopic (exact) mass is 277 g/mol. The summed E-state index contributed by atoms with van der Waals surface area (Å²) in [6.07, 6.45) is 0. The van der Waals surface area contributed by atoms with Gasteiger partial charge in [-0.15, -0.1) is 0 Å². The second-order valence-electron chi connectivity index (χ2n) is 4.30. The maximum Gasteiger partial charge on any atom is 0.228 e. The van der Waals surface area contributed by atoms with Crippen molar-refractivity contribution in [2.24, 2.45) is 16.6 Å². The fraction of sp³-hybridized carbons (Fsp3) is 0.308. The third-order valence-electron chi connectivity index (χ3n) is 3.12. The minimum absolute atomic E-state index is 0.348. The highest BCUT2D eigenvalue weighted by Gasteiger charge is 2.35. The number of aliphatic imine (C=N–C) groups is 1. The van der Waals surface area contributed by atoms with E-state index < -0.39 is 11.8 Å². The number of rotatable bonds is 3. The van der Waals surface area contributed by atoms with E-state index in [0.29, 0.717) is 16.6 Å². The standard InChI is InChI=1S/C13H15N3O2S/c1-7-10(12(14)17)11(16-13(19)15-7)8-5-3-4-6-9(8)18-2/h3-6,10-11H,1-2H3,(H2,14,17)(H,16,19). The molecule has 0 saturated heterocycles. The number of benzene rings is 1. The normalized spacial score (nSPS) is 22.4. The van der Waals surface area contributed by atoms with Crippen molar-refractivity contribution in [2.45, 2.75) is 13.0 Å². The van der Waals surface area contributed by atoms with Crippen LogP contribution in [0.15, 0.2) is 29.3 Å². The summed E-state index contributed by atoms with van der Waals surface area (Å²) in [5.41, 5.74) is 6.93. The predicted molar refractivity (Wildman–Crippen MR) is 77.3 cm³/mol. The molecule has 2 rings (SSSR count). The van der Waals surface area contributed by atoms with Crippen LogP contribution < -0.4 is 15.8 Å². The van der Waals surface area contributed by atoms with E-state index in [1.54, 1.807) is 14.0 Å². The van der Waals surface area contributed by atoms with Crippen LogP contribution in [0.5, 0.6) is 5.75 Å². The van der Waals surface area contributed by atoms with E-state index in [4.69, 9.17) is 22.7 Å². The molecule has 1 aromatic rings. The zero-order valence-corrected chi connectivity index (χ0v) is 11.5. The molecule has 0 saturated carbocycles. The Bertz CT molecular complexity index is 557. The minimum atomic E-state index is -0.539. The summed E-state index contributed by atoms with van der Waals surface area (Å²) in [4.78, 5) is 15.8. The number of primary amides is 1. The summed E-state index contributed by atoms with van der Waals surface area (Å²) in [5, 5.41) is 3.39. The SMILES string of the molecule is COc1ccccc1C1NC(=S)N=C(C)C1C(N)=O. The molecule has 0 fully saturated rings. The van der Waals surface area contributed by atoms with Gasteiger partial charge in [0.05, 0.1) is 13.2 Å². The van der Waals surface area contributed by atoms with Gasteiger partial charge in [-0.3, -0.25) is 4.79 Å². The maximum absolute atomic E-state index is 11.7. The van der Waals surface area contributed by atoms with Crippen molar-refractivity contribution in [3.05, 3.63) is 29.8 Å². The highest BCUT2D eigenvalue weighted by Crippen LogP contribution is 2.32. The van der Waals surface area contributed by atoms with E-state index >= 15 is 0 Å². The third kappa shape index (κ3) is 2.58. The Morgan fingerprint density at radius 3 is 2.79 bits per heavy atom. The van der Waals surface area contributed by atoms with Crippen molar-refractivity contribution in [1.82, 2.24) is 5.32 Å². The van der Waals surface area contributed by atoms with E-state index in [2.05, 4.69) is 10.3 Å². The molecular weight excluding hydrogens is 262 g/mol. The molecule has 0 radical (unpaired) electrons. The van der Waals surface area contributed by atoms with Crippen molar-refractivity contribution in [3.8, 4) is 5.75 Å². The zero-order chi connectivity index (χ0) is 14.0. The molecule has 6 heteroatoms. The van der Waals surface area contributed by atoms with Gasteiger partial charge in [0.15, 0.2) is 5.11 Å². The smallest absolute Gasteiger partial charge is 0.228 e. The molecule has 1 aliphatic rings. The number of nitrogens with one attached hydrogen (secondary N) is 1. The fourth-order valence-electron chi connectivity index (χ4n) is 2.27. The lowest BCUT2D eigenvalue weighted by atomic mass is 9.87. The largest absolute Gasteiger partial charge is 0.496 e. The average Bonchev–Trinajstić information content (AvgIpc) is 2.37. The second-order valence-corrected chi connectivity index (χ2v) is 4.69. The molecule has 19 heavy (non-hydrogen) atoms. The zero-order valence-electron chi connectivity index (χ0n) is 10.7. The van der Waals surface area contributed by atoms with Gasteiger partial charge in [-0.1, -0.05) is 18.2 Å². The van der Waals surface area contributed by atoms with Gasteiger partial charge in [0.2, 0.25) is 5.91 Å². The van der Waals surface area contributed by atoms with Gasteiger partial charge in [-0.05, 0) is 25.2 Å². The Morgan fingerprint density at radius 2 is 2.16 bits per heavy atom. The fourth-order valence-corrected chi connectivity index (χ4v) is 2.54. The van der Waals surface area contributed by atoms with E-state index in [1.807, 2.05) is 24.3 Å². The van der Waals surface area contributed by atoms with E-state index in [1.165, 1.54) is 0 Å². The van der Waals surface area contributed by atoms with E-state index in [9.17, 15) is 4.79 Å². The first-order valence-corrected chi connectivity index (χ1v) is 6.23. The molecule has 0 bridgehead atoms. The first-order chi connectivity index (χ1) is 9.04. The molecular formula is C13H15N3O2S. The van der Waals surface area contributed by atoms with Gasteiger partial charge < -0.3 is 15.8 Å². The molecule has 2 atom stereocenters. The van der Waals surface area contributed by atoms with Crippen molar-refractivity contribution < 1.29 is 9.53 Å². The summed E-state index contributed by atoms with van der Waals surface area (Å²) in [6, 6.07) is 7.11. The lowest BCUT2D eigenvalue weighted by molar-refractivity contribution is -0.120. The van der Waals surface area contributed by atoms with Gasteiger partial charge >= 0.3 is 0 Å². The van der Waals surface area contributed by atoms with Crippen LogP contribution in [0.2, 0.25) is 0 Å². The summed E-state index contributed by atoms with van der Waals surface area (Å²) >= 11 is 5.09. The van der Waals surface area contributed by atoms with Gasteiger partial charge in [0, 0.05) is 11.3 Å². The Labute approximate surface area is 116 Å². The van der Waals surface area contributed by atoms with E-state index in [0.717, 1.165) is 5.56 Å². The first kappa shape index (κ1) is 13.5. The predicted octanol–water partition coefficient (Wildman–Crippen LogP) is 1.19. The third-order valence-corrected chi connectivity index (χ3v) is 3.33. The number of ether oxygens (including phenoxy) is 1. The minimum Gasteiger partial charge on any atom is -0.496 e. The van der Waals surface area contributed by atoms with Gasteiger partial charge in [0.1, 0.15) is 11.7 Å². The van der Waals surface area contributed by atoms with Crippen molar-refractivity contribution >= 4 is 28.9 Å². The number of nitrogens with zero attached hydrogens (tertiary/aromatic N) is 1. The molecule has 0 aliphatic carbocycles. The van der Waals surface area contributed by atoms with Gasteiger partial charge in [0.25, 0.3) is 0 Å². The van der Waals surface area contributed by atoms with Gasteiger partial charge in [-0.25, -0.2) is 4.99 Å². The highest BCUT2D eigenvalue weighted by atomic mass is 32.1. The number of amides is 1. The quantitative estimate of drug-likeness (QED) is 0.814. The summed E-state index contributed by atoms with van der Waals surface area (Å²) in [6.45, 7) is 1.75. The Hall–Kier alpha value is -1.95. The lowest BCUT2D eigenvalue weighted by Crippen LogP contribution is -2.46. The molecule has 100 valence electrons. The molecule has 1 aromatic carbocycles. The number of para-hydroxylation sites is 1. The number of carbonyl (C=O) groups is 1. The van der Waals surface area contributed by atoms with Crippen LogP contribution in [0.1, 0.15) is 18.5 Å². The molecule has 5 nitrogen and oxygen atoms in total. The Morgan fingerprint density at radius 1 is 1.47 bits per heavy atom. The van der Waals surface area contributed by atoms with Crippen LogP contribution in [-0.4, -0.2) is 23.8 Å². The topological polar surface area (TPSA) is 76.7 Å². The average molecular weight is 277 g/mol. The number of hydrogen-bond acceptors (Lipinski definition) is 3. The van der Waals surface area contributed by atoms with Crippen molar-refractivity contribution in [2.75, 3.05) is 7.11 Å². The first-order valence-electron chi connectivity index (χ1n) is 5.82. The van der Waals surface area contributed by atoms with E-state index in [-0.39, 0.29) is 6.04 Å². The van der Waals surface area contributed by atoms with Crippen LogP contribution >= 0.6 is 12.2 Å². The number of nitrogens with two attached hydrogens (primary N) is 1. The maximum atomic E-state index is 11.7. The van der Waals surface area contributed by atoms with Crippen molar-refractivity contribution in [1.29, 1.82) is 0 Å².